The lowest BCUT2D eigenvalue weighted by Crippen LogP contribution is -2.22. The minimum absolute atomic E-state index is 0.0628. The molecule has 0 N–H and O–H groups in total. The molecular formula is C24H26N4O5S. The fraction of sp³-hybridized carbons (Fsp3) is 0.292. The van der Waals surface area contributed by atoms with Crippen molar-refractivity contribution < 1.29 is 22.7 Å². The average Bonchev–Trinajstić information content (AvgIpc) is 3.18. The number of pyridine rings is 1. The lowest BCUT2D eigenvalue weighted by atomic mass is 10.1. The summed E-state index contributed by atoms with van der Waals surface area (Å²) in [7, 11) is 0.956. The predicted molar refractivity (Wildman–Crippen MR) is 128 cm³/mol. The monoisotopic (exact) mass is 482 g/mol. The lowest BCUT2D eigenvalue weighted by molar-refractivity contribution is 0.0457. The van der Waals surface area contributed by atoms with Crippen molar-refractivity contribution in [1.82, 2.24) is 18.8 Å². The summed E-state index contributed by atoms with van der Waals surface area (Å²) in [5, 5.41) is 0.771. The van der Waals surface area contributed by atoms with E-state index in [4.69, 9.17) is 9.47 Å². The minimum atomic E-state index is -3.59. The normalized spacial score (nSPS) is 11.9. The Hall–Kier alpha value is -3.50. The molecule has 0 unspecified atom stereocenters. The standard InChI is InChI=1S/C24H26N4O5S/c1-6-28-22-10-8-18(34(30,31)27(3)4)13-21(22)26-23(28)14-33-24(29)19-12-16-11-17(32-5)7-9-20(16)25-15(19)2/h7-13H,6,14H2,1-5H3. The first kappa shape index (κ1) is 23.7. The van der Waals surface area contributed by atoms with Crippen molar-refractivity contribution in [3.05, 3.63) is 59.5 Å². The van der Waals surface area contributed by atoms with E-state index in [9.17, 15) is 13.2 Å². The number of nitrogens with zero attached hydrogens (tertiary/aromatic N) is 4. The van der Waals surface area contributed by atoms with E-state index in [0.29, 0.717) is 34.9 Å². The zero-order valence-corrected chi connectivity index (χ0v) is 20.5. The second-order valence-electron chi connectivity index (χ2n) is 7.97. The molecule has 0 amide bonds. The third kappa shape index (κ3) is 4.22. The Balaban J connectivity index is 1.63. The lowest BCUT2D eigenvalue weighted by Gasteiger charge is -2.11. The largest absolute Gasteiger partial charge is 0.497 e. The first-order valence-corrected chi connectivity index (χ1v) is 12.1. The van der Waals surface area contributed by atoms with Crippen LogP contribution in [0.25, 0.3) is 21.9 Å². The third-order valence-corrected chi connectivity index (χ3v) is 7.47. The van der Waals surface area contributed by atoms with Gasteiger partial charge in [0.2, 0.25) is 10.0 Å². The fourth-order valence-electron chi connectivity index (χ4n) is 3.79. The van der Waals surface area contributed by atoms with Crippen LogP contribution in [0.2, 0.25) is 0 Å². The second kappa shape index (κ2) is 9.03. The van der Waals surface area contributed by atoms with Crippen LogP contribution in [-0.2, 0) is 27.9 Å². The van der Waals surface area contributed by atoms with Crippen LogP contribution in [0.1, 0.15) is 28.8 Å². The SMILES string of the molecule is CCn1c(COC(=O)c2cc3cc(OC)ccc3nc2C)nc2cc(S(=O)(=O)N(C)C)ccc21. The van der Waals surface area contributed by atoms with Crippen molar-refractivity contribution in [3.63, 3.8) is 0 Å². The minimum Gasteiger partial charge on any atom is -0.497 e. The van der Waals surface area contributed by atoms with Crippen LogP contribution in [0.4, 0.5) is 0 Å². The highest BCUT2D eigenvalue weighted by Gasteiger charge is 2.20. The average molecular weight is 483 g/mol. The number of hydrogen-bond acceptors (Lipinski definition) is 7. The molecule has 0 spiro atoms. The molecule has 2 aromatic carbocycles. The van der Waals surface area contributed by atoms with Gasteiger partial charge in [-0.25, -0.2) is 22.5 Å². The molecule has 2 heterocycles. The highest BCUT2D eigenvalue weighted by Crippen LogP contribution is 2.24. The van der Waals surface area contributed by atoms with E-state index >= 15 is 0 Å². The van der Waals surface area contributed by atoms with Gasteiger partial charge in [0.25, 0.3) is 0 Å². The van der Waals surface area contributed by atoms with Gasteiger partial charge < -0.3 is 14.0 Å². The van der Waals surface area contributed by atoms with Gasteiger partial charge in [0, 0.05) is 26.0 Å². The van der Waals surface area contributed by atoms with Gasteiger partial charge in [0.1, 0.15) is 18.2 Å². The second-order valence-corrected chi connectivity index (χ2v) is 10.1. The number of fused-ring (bicyclic) bond motifs is 2. The molecule has 0 saturated carbocycles. The van der Waals surface area contributed by atoms with Gasteiger partial charge in [-0.2, -0.15) is 0 Å². The van der Waals surface area contributed by atoms with Gasteiger partial charge in [-0.3, -0.25) is 4.98 Å². The summed E-state index contributed by atoms with van der Waals surface area (Å²) < 4.78 is 38.9. The number of hydrogen-bond donors (Lipinski definition) is 0. The maximum atomic E-state index is 12.9. The number of carbonyl (C=O) groups is 1. The van der Waals surface area contributed by atoms with Crippen molar-refractivity contribution in [2.45, 2.75) is 31.9 Å². The third-order valence-electron chi connectivity index (χ3n) is 5.66. The number of esters is 1. The van der Waals surface area contributed by atoms with E-state index < -0.39 is 16.0 Å². The van der Waals surface area contributed by atoms with Crippen LogP contribution in [0.3, 0.4) is 0 Å². The molecule has 9 nitrogen and oxygen atoms in total. The van der Waals surface area contributed by atoms with Gasteiger partial charge in [0.05, 0.1) is 39.8 Å². The molecule has 0 bridgehead atoms. The number of methoxy groups -OCH3 is 1. The van der Waals surface area contributed by atoms with Crippen molar-refractivity contribution in [2.24, 2.45) is 0 Å². The summed E-state index contributed by atoms with van der Waals surface area (Å²) >= 11 is 0. The van der Waals surface area contributed by atoms with E-state index in [1.807, 2.05) is 29.7 Å². The van der Waals surface area contributed by atoms with Gasteiger partial charge >= 0.3 is 5.97 Å². The molecule has 10 heteroatoms. The zero-order chi connectivity index (χ0) is 24.6. The van der Waals surface area contributed by atoms with Crippen LogP contribution in [0.15, 0.2) is 47.4 Å². The van der Waals surface area contributed by atoms with Crippen LogP contribution in [0, 0.1) is 6.92 Å². The number of imidazole rings is 1. The maximum Gasteiger partial charge on any atom is 0.340 e. The summed E-state index contributed by atoms with van der Waals surface area (Å²) in [5.41, 5.74) is 2.96. The summed E-state index contributed by atoms with van der Waals surface area (Å²) in [6.07, 6.45) is 0. The zero-order valence-electron chi connectivity index (χ0n) is 19.7. The van der Waals surface area contributed by atoms with Gasteiger partial charge in [-0.05, 0) is 56.3 Å². The Kier molecular flexibility index (Phi) is 6.28. The topological polar surface area (TPSA) is 104 Å². The molecule has 0 atom stereocenters. The van der Waals surface area contributed by atoms with Crippen LogP contribution in [0.5, 0.6) is 5.75 Å². The number of benzene rings is 2. The van der Waals surface area contributed by atoms with E-state index in [1.54, 1.807) is 32.2 Å². The van der Waals surface area contributed by atoms with E-state index in [1.165, 1.54) is 20.2 Å². The van der Waals surface area contributed by atoms with E-state index in [-0.39, 0.29) is 11.5 Å². The molecule has 2 aromatic heterocycles. The number of aryl methyl sites for hydroxylation is 2. The number of carbonyl (C=O) groups excluding carboxylic acids is 1. The summed E-state index contributed by atoms with van der Waals surface area (Å²) in [4.78, 5) is 22.1. The van der Waals surface area contributed by atoms with Crippen molar-refractivity contribution >= 4 is 37.9 Å². The van der Waals surface area contributed by atoms with Gasteiger partial charge in [-0.15, -0.1) is 0 Å². The summed E-state index contributed by atoms with van der Waals surface area (Å²) in [6, 6.07) is 12.0. The van der Waals surface area contributed by atoms with Crippen LogP contribution in [-0.4, -0.2) is 54.4 Å². The molecule has 0 saturated heterocycles. The first-order valence-electron chi connectivity index (χ1n) is 10.7. The Morgan fingerprint density at radius 2 is 1.82 bits per heavy atom. The van der Waals surface area contributed by atoms with Crippen molar-refractivity contribution in [3.8, 4) is 5.75 Å². The molecule has 0 aliphatic rings. The number of aromatic nitrogens is 3. The molecule has 0 aliphatic heterocycles. The van der Waals surface area contributed by atoms with Crippen LogP contribution >= 0.6 is 0 Å². The van der Waals surface area contributed by atoms with Gasteiger partial charge in [0.15, 0.2) is 0 Å². The predicted octanol–water partition coefficient (Wildman–Crippen LogP) is 3.53. The molecule has 178 valence electrons. The molecule has 0 aliphatic carbocycles. The van der Waals surface area contributed by atoms with Crippen molar-refractivity contribution in [1.29, 1.82) is 0 Å². The van der Waals surface area contributed by atoms with Crippen molar-refractivity contribution in [2.75, 3.05) is 21.2 Å². The Morgan fingerprint density at radius 1 is 1.06 bits per heavy atom. The quantitative estimate of drug-likeness (QED) is 0.371. The maximum absolute atomic E-state index is 12.9. The molecule has 4 aromatic rings. The molecular weight excluding hydrogens is 456 g/mol. The molecule has 0 fully saturated rings. The summed E-state index contributed by atoms with van der Waals surface area (Å²) in [5.74, 6) is 0.684. The molecule has 4 rings (SSSR count). The van der Waals surface area contributed by atoms with Gasteiger partial charge in [-0.1, -0.05) is 0 Å². The van der Waals surface area contributed by atoms with Crippen LogP contribution < -0.4 is 4.74 Å². The Morgan fingerprint density at radius 3 is 2.50 bits per heavy atom. The first-order chi connectivity index (χ1) is 16.1. The summed E-state index contributed by atoms with van der Waals surface area (Å²) in [6.45, 7) is 4.22. The molecule has 34 heavy (non-hydrogen) atoms. The molecule has 0 radical (unpaired) electrons. The number of ether oxygens (including phenoxy) is 2. The highest BCUT2D eigenvalue weighted by molar-refractivity contribution is 7.89. The van der Waals surface area contributed by atoms with E-state index in [0.717, 1.165) is 20.7 Å². The highest BCUT2D eigenvalue weighted by atomic mass is 32.2. The fourth-order valence-corrected chi connectivity index (χ4v) is 4.71. The number of rotatable bonds is 7. The Labute approximate surface area is 198 Å². The smallest absolute Gasteiger partial charge is 0.340 e. The Bertz CT molecular complexity index is 1510. The van der Waals surface area contributed by atoms with E-state index in [2.05, 4.69) is 9.97 Å². The number of sulfonamides is 1.